The maximum atomic E-state index is 11.4. The van der Waals surface area contributed by atoms with E-state index in [9.17, 15) is 4.79 Å². The van der Waals surface area contributed by atoms with E-state index in [2.05, 4.69) is 11.0 Å². The molecule has 0 N–H and O–H groups in total. The summed E-state index contributed by atoms with van der Waals surface area (Å²) >= 11 is 0. The van der Waals surface area contributed by atoms with Crippen LogP contribution in [-0.4, -0.2) is 44.3 Å². The lowest BCUT2D eigenvalue weighted by atomic mass is 10.0. The van der Waals surface area contributed by atoms with Crippen LogP contribution in [0, 0.1) is 0 Å². The molecule has 0 bridgehead atoms. The van der Waals surface area contributed by atoms with E-state index in [1.54, 1.807) is 0 Å². The SMILES string of the molecule is COC(=O)CCN1CCC[C@@H]1c1cccc2c1OCCO2. The lowest BCUT2D eigenvalue weighted by Crippen LogP contribution is -2.27. The predicted molar refractivity (Wildman–Crippen MR) is 77.6 cm³/mol. The zero-order valence-electron chi connectivity index (χ0n) is 12.3. The lowest BCUT2D eigenvalue weighted by Gasteiger charge is -2.28. The molecule has 1 aromatic rings. The fraction of sp³-hybridized carbons (Fsp3) is 0.562. The zero-order chi connectivity index (χ0) is 14.7. The number of para-hydroxylation sites is 1. The molecule has 3 rings (SSSR count). The summed E-state index contributed by atoms with van der Waals surface area (Å²) in [7, 11) is 1.43. The summed E-state index contributed by atoms with van der Waals surface area (Å²) in [5.41, 5.74) is 1.18. The van der Waals surface area contributed by atoms with Gasteiger partial charge in [-0.15, -0.1) is 0 Å². The van der Waals surface area contributed by atoms with E-state index in [1.807, 2.05) is 12.1 Å². The molecule has 0 saturated carbocycles. The molecule has 5 nitrogen and oxygen atoms in total. The van der Waals surface area contributed by atoms with Gasteiger partial charge < -0.3 is 14.2 Å². The van der Waals surface area contributed by atoms with Gasteiger partial charge in [-0.25, -0.2) is 0 Å². The topological polar surface area (TPSA) is 48.0 Å². The molecule has 5 heteroatoms. The molecule has 2 aliphatic heterocycles. The molecule has 2 heterocycles. The molecular weight excluding hydrogens is 270 g/mol. The molecule has 0 unspecified atom stereocenters. The molecular formula is C16H21NO4. The van der Waals surface area contributed by atoms with Gasteiger partial charge in [-0.05, 0) is 25.5 Å². The van der Waals surface area contributed by atoms with Crippen LogP contribution in [0.5, 0.6) is 11.5 Å². The number of fused-ring (bicyclic) bond motifs is 1. The van der Waals surface area contributed by atoms with Gasteiger partial charge in [0.25, 0.3) is 0 Å². The van der Waals surface area contributed by atoms with Crippen LogP contribution >= 0.6 is 0 Å². The third kappa shape index (κ3) is 2.97. The number of rotatable bonds is 4. The zero-order valence-corrected chi connectivity index (χ0v) is 12.3. The molecule has 0 radical (unpaired) electrons. The highest BCUT2D eigenvalue weighted by atomic mass is 16.6. The maximum absolute atomic E-state index is 11.4. The van der Waals surface area contributed by atoms with Crippen LogP contribution in [0.3, 0.4) is 0 Å². The van der Waals surface area contributed by atoms with Crippen molar-refractivity contribution < 1.29 is 19.0 Å². The number of nitrogens with zero attached hydrogens (tertiary/aromatic N) is 1. The van der Waals surface area contributed by atoms with Gasteiger partial charge in [0, 0.05) is 18.2 Å². The Hall–Kier alpha value is -1.75. The predicted octanol–water partition coefficient (Wildman–Crippen LogP) is 2.16. The van der Waals surface area contributed by atoms with Crippen molar-refractivity contribution in [3.63, 3.8) is 0 Å². The normalized spacial score (nSPS) is 21.3. The van der Waals surface area contributed by atoms with Crippen molar-refractivity contribution in [3.8, 4) is 11.5 Å². The Bertz CT molecular complexity index is 517. The molecule has 1 fully saturated rings. The Kier molecular flexibility index (Phi) is 4.29. The number of hydrogen-bond acceptors (Lipinski definition) is 5. The van der Waals surface area contributed by atoms with Crippen LogP contribution in [-0.2, 0) is 9.53 Å². The van der Waals surface area contributed by atoms with E-state index >= 15 is 0 Å². The van der Waals surface area contributed by atoms with E-state index < -0.39 is 0 Å². The van der Waals surface area contributed by atoms with Crippen LogP contribution in [0.15, 0.2) is 18.2 Å². The lowest BCUT2D eigenvalue weighted by molar-refractivity contribution is -0.141. The number of carbonyl (C=O) groups excluding carboxylic acids is 1. The molecule has 1 saturated heterocycles. The van der Waals surface area contributed by atoms with Gasteiger partial charge in [0.05, 0.1) is 13.5 Å². The first kappa shape index (κ1) is 14.2. The molecule has 0 amide bonds. The first-order valence-electron chi connectivity index (χ1n) is 7.49. The second kappa shape index (κ2) is 6.35. The van der Waals surface area contributed by atoms with Gasteiger partial charge in [-0.1, -0.05) is 12.1 Å². The van der Waals surface area contributed by atoms with Crippen molar-refractivity contribution in [3.05, 3.63) is 23.8 Å². The van der Waals surface area contributed by atoms with Gasteiger partial charge in [0.2, 0.25) is 0 Å². The summed E-state index contributed by atoms with van der Waals surface area (Å²) in [5, 5.41) is 0. The number of benzene rings is 1. The van der Waals surface area contributed by atoms with E-state index in [-0.39, 0.29) is 5.97 Å². The van der Waals surface area contributed by atoms with Crippen molar-refractivity contribution in [1.29, 1.82) is 0 Å². The molecule has 1 aromatic carbocycles. The average molecular weight is 291 g/mol. The third-order valence-electron chi connectivity index (χ3n) is 4.15. The third-order valence-corrected chi connectivity index (χ3v) is 4.15. The molecule has 0 aliphatic carbocycles. The van der Waals surface area contributed by atoms with Crippen molar-refractivity contribution >= 4 is 5.97 Å². The Labute approximate surface area is 124 Å². The maximum Gasteiger partial charge on any atom is 0.306 e. The number of methoxy groups -OCH3 is 1. The summed E-state index contributed by atoms with van der Waals surface area (Å²) in [6.45, 7) is 2.93. The number of hydrogen-bond donors (Lipinski definition) is 0. The largest absolute Gasteiger partial charge is 0.486 e. The van der Waals surface area contributed by atoms with Gasteiger partial charge in [-0.3, -0.25) is 9.69 Å². The van der Waals surface area contributed by atoms with Gasteiger partial charge in [-0.2, -0.15) is 0 Å². The Morgan fingerprint density at radius 3 is 3.10 bits per heavy atom. The van der Waals surface area contributed by atoms with Crippen LogP contribution in [0.25, 0.3) is 0 Å². The minimum Gasteiger partial charge on any atom is -0.486 e. The molecule has 2 aliphatic rings. The second-order valence-corrected chi connectivity index (χ2v) is 5.39. The monoisotopic (exact) mass is 291 g/mol. The van der Waals surface area contributed by atoms with Crippen molar-refractivity contribution in [1.82, 2.24) is 4.90 Å². The number of ether oxygens (including phenoxy) is 3. The number of esters is 1. The number of carbonyl (C=O) groups is 1. The fourth-order valence-electron chi connectivity index (χ4n) is 3.14. The van der Waals surface area contributed by atoms with Crippen LogP contribution < -0.4 is 9.47 Å². The smallest absolute Gasteiger partial charge is 0.306 e. The van der Waals surface area contributed by atoms with Crippen LogP contribution in [0.1, 0.15) is 30.9 Å². The Balaban J connectivity index is 1.77. The second-order valence-electron chi connectivity index (χ2n) is 5.39. The van der Waals surface area contributed by atoms with Crippen LogP contribution in [0.2, 0.25) is 0 Å². The molecule has 0 aromatic heterocycles. The summed E-state index contributed by atoms with van der Waals surface area (Å²) < 4.78 is 16.2. The van der Waals surface area contributed by atoms with Crippen molar-refractivity contribution in [2.45, 2.75) is 25.3 Å². The van der Waals surface area contributed by atoms with Crippen molar-refractivity contribution in [2.75, 3.05) is 33.4 Å². The van der Waals surface area contributed by atoms with Gasteiger partial charge in [0.1, 0.15) is 13.2 Å². The Morgan fingerprint density at radius 2 is 2.24 bits per heavy atom. The summed E-state index contributed by atoms with van der Waals surface area (Å²) in [6.07, 6.45) is 2.65. The summed E-state index contributed by atoms with van der Waals surface area (Å²) in [6, 6.07) is 6.37. The quantitative estimate of drug-likeness (QED) is 0.796. The van der Waals surface area contributed by atoms with Gasteiger partial charge in [0.15, 0.2) is 11.5 Å². The summed E-state index contributed by atoms with van der Waals surface area (Å²) in [4.78, 5) is 13.7. The standard InChI is InChI=1S/C16H21NO4/c1-19-15(18)7-9-17-8-3-5-13(17)12-4-2-6-14-16(12)21-11-10-20-14/h2,4,6,13H,3,5,7-11H2,1H3/t13-/m1/s1. The highest BCUT2D eigenvalue weighted by molar-refractivity contribution is 5.69. The van der Waals surface area contributed by atoms with Crippen LogP contribution in [0.4, 0.5) is 0 Å². The first-order valence-corrected chi connectivity index (χ1v) is 7.49. The fourth-order valence-corrected chi connectivity index (χ4v) is 3.14. The Morgan fingerprint density at radius 1 is 1.38 bits per heavy atom. The van der Waals surface area contributed by atoms with Gasteiger partial charge >= 0.3 is 5.97 Å². The highest BCUT2D eigenvalue weighted by Crippen LogP contribution is 2.42. The minimum absolute atomic E-state index is 0.157. The van der Waals surface area contributed by atoms with E-state index in [0.717, 1.165) is 37.4 Å². The molecule has 0 spiro atoms. The van der Waals surface area contributed by atoms with E-state index in [1.165, 1.54) is 12.7 Å². The summed E-state index contributed by atoms with van der Waals surface area (Å²) in [5.74, 6) is 1.55. The highest BCUT2D eigenvalue weighted by Gasteiger charge is 2.30. The van der Waals surface area contributed by atoms with E-state index in [4.69, 9.17) is 14.2 Å². The first-order chi connectivity index (χ1) is 10.3. The average Bonchev–Trinajstić information content (AvgIpc) is 3.00. The van der Waals surface area contributed by atoms with Crippen molar-refractivity contribution in [2.24, 2.45) is 0 Å². The molecule has 1 atom stereocenters. The molecule has 21 heavy (non-hydrogen) atoms. The van der Waals surface area contributed by atoms with E-state index in [0.29, 0.717) is 25.7 Å². The number of likely N-dealkylation sites (tertiary alicyclic amines) is 1. The molecule has 114 valence electrons. The minimum atomic E-state index is -0.157.